The Labute approximate surface area is 196 Å². The van der Waals surface area contributed by atoms with E-state index in [1.165, 1.54) is 13.1 Å². The number of nitrogens with zero attached hydrogens (tertiary/aromatic N) is 3. The van der Waals surface area contributed by atoms with Crippen molar-refractivity contribution in [2.24, 2.45) is 5.41 Å². The number of carbonyl (C=O) groups is 2. The minimum Gasteiger partial charge on any atom is -0.395 e. The molecule has 11 heteroatoms. The zero-order chi connectivity index (χ0) is 24.8. The normalized spacial score (nSPS) is 18.1. The van der Waals surface area contributed by atoms with E-state index in [0.717, 1.165) is 13.0 Å². The summed E-state index contributed by atoms with van der Waals surface area (Å²) >= 11 is 0. The van der Waals surface area contributed by atoms with Crippen LogP contribution in [0.15, 0.2) is 18.2 Å². The highest BCUT2D eigenvalue weighted by Crippen LogP contribution is 2.47. The lowest BCUT2D eigenvalue weighted by atomic mass is 9.86. The molecule has 2 amide bonds. The van der Waals surface area contributed by atoms with Crippen molar-refractivity contribution >= 4 is 11.8 Å². The summed E-state index contributed by atoms with van der Waals surface area (Å²) in [6, 6.07) is 3.78. The largest absolute Gasteiger partial charge is 0.586 e. The van der Waals surface area contributed by atoms with Crippen molar-refractivity contribution in [1.29, 1.82) is 0 Å². The summed E-state index contributed by atoms with van der Waals surface area (Å²) in [6.07, 6.45) is -3.00. The number of fused-ring (bicyclic) bond motifs is 2. The molecule has 0 bridgehead atoms. The maximum atomic E-state index is 13.8. The van der Waals surface area contributed by atoms with E-state index in [1.807, 2.05) is 32.4 Å². The quantitative estimate of drug-likeness (QED) is 0.703. The first-order chi connectivity index (χ1) is 15.9. The van der Waals surface area contributed by atoms with Gasteiger partial charge in [-0.15, -0.1) is 8.78 Å². The maximum absolute atomic E-state index is 13.8. The predicted octanol–water partition coefficient (Wildman–Crippen LogP) is 2.60. The predicted molar refractivity (Wildman–Crippen MR) is 120 cm³/mol. The number of likely N-dealkylation sites (N-methyl/N-ethyl adjacent to an activating group) is 1. The number of halogens is 2. The molecule has 9 nitrogen and oxygen atoms in total. The second kappa shape index (κ2) is 8.53. The second-order valence-corrected chi connectivity index (χ2v) is 9.66. The Morgan fingerprint density at radius 2 is 1.94 bits per heavy atom. The standard InChI is InChI=1S/C23H29F2N5O4/c1-22(2,3)18(21(32)26-4)28-20(31)16-14-12-29(5)10-7-11-30(14)19(27-16)13-8-6-9-15-17(13)34-23(24,25)33-15/h6,8-9,18H,7,10-12H2,1-5H3,(H,26,32)(H,28,31). The van der Waals surface area contributed by atoms with Gasteiger partial charge in [0.2, 0.25) is 5.91 Å². The first-order valence-electron chi connectivity index (χ1n) is 11.1. The van der Waals surface area contributed by atoms with Crippen molar-refractivity contribution in [2.75, 3.05) is 20.6 Å². The van der Waals surface area contributed by atoms with Gasteiger partial charge in [-0.1, -0.05) is 26.8 Å². The number of amides is 2. The van der Waals surface area contributed by atoms with E-state index in [-0.39, 0.29) is 23.1 Å². The van der Waals surface area contributed by atoms with Crippen molar-refractivity contribution in [3.63, 3.8) is 0 Å². The van der Waals surface area contributed by atoms with Gasteiger partial charge in [0.15, 0.2) is 17.2 Å². The highest BCUT2D eigenvalue weighted by Gasteiger charge is 2.45. The first kappa shape index (κ1) is 23.9. The van der Waals surface area contributed by atoms with Gasteiger partial charge < -0.3 is 29.6 Å². The molecule has 2 N–H and O–H groups in total. The Hall–Kier alpha value is -3.21. The van der Waals surface area contributed by atoms with Gasteiger partial charge in [-0.25, -0.2) is 4.98 Å². The molecule has 1 unspecified atom stereocenters. The van der Waals surface area contributed by atoms with Crippen LogP contribution in [0.3, 0.4) is 0 Å². The zero-order valence-electron chi connectivity index (χ0n) is 19.9. The second-order valence-electron chi connectivity index (χ2n) is 9.66. The number of carbonyl (C=O) groups excluding carboxylic acids is 2. The van der Waals surface area contributed by atoms with Crippen LogP contribution in [0.1, 0.15) is 43.4 Å². The summed E-state index contributed by atoms with van der Waals surface area (Å²) < 4.78 is 38.8. The molecule has 1 atom stereocenters. The fourth-order valence-electron chi connectivity index (χ4n) is 4.27. The number of benzene rings is 1. The van der Waals surface area contributed by atoms with Crippen LogP contribution in [0.4, 0.5) is 8.78 Å². The first-order valence-corrected chi connectivity index (χ1v) is 11.1. The van der Waals surface area contributed by atoms with Crippen molar-refractivity contribution < 1.29 is 27.8 Å². The third-order valence-corrected chi connectivity index (χ3v) is 5.95. The fourth-order valence-corrected chi connectivity index (χ4v) is 4.27. The van der Waals surface area contributed by atoms with Crippen LogP contribution in [0.25, 0.3) is 11.4 Å². The van der Waals surface area contributed by atoms with Gasteiger partial charge in [0.1, 0.15) is 11.9 Å². The summed E-state index contributed by atoms with van der Waals surface area (Å²) in [4.78, 5) is 32.6. The molecule has 0 radical (unpaired) electrons. The molecule has 3 heterocycles. The van der Waals surface area contributed by atoms with Gasteiger partial charge in [0.05, 0.1) is 11.3 Å². The van der Waals surface area contributed by atoms with Crippen LogP contribution < -0.4 is 20.1 Å². The summed E-state index contributed by atoms with van der Waals surface area (Å²) in [6.45, 7) is 7.31. The number of ether oxygens (including phenoxy) is 2. The molecular weight excluding hydrogens is 448 g/mol. The molecule has 0 aliphatic carbocycles. The Bertz CT molecular complexity index is 1130. The summed E-state index contributed by atoms with van der Waals surface area (Å²) in [5.41, 5.74) is 0.534. The van der Waals surface area contributed by atoms with Gasteiger partial charge in [0, 0.05) is 20.1 Å². The van der Waals surface area contributed by atoms with E-state index in [2.05, 4.69) is 25.3 Å². The minimum atomic E-state index is -3.78. The minimum absolute atomic E-state index is 0.0935. The van der Waals surface area contributed by atoms with E-state index in [4.69, 9.17) is 4.74 Å². The summed E-state index contributed by atoms with van der Waals surface area (Å²) in [5.74, 6) is -0.714. The van der Waals surface area contributed by atoms with Gasteiger partial charge in [-0.05, 0) is 37.6 Å². The number of imidazole rings is 1. The van der Waals surface area contributed by atoms with Crippen LogP contribution >= 0.6 is 0 Å². The van der Waals surface area contributed by atoms with Crippen LogP contribution in [0.5, 0.6) is 11.5 Å². The third kappa shape index (κ3) is 4.44. The Balaban J connectivity index is 1.80. The maximum Gasteiger partial charge on any atom is 0.586 e. The van der Waals surface area contributed by atoms with Gasteiger partial charge >= 0.3 is 6.29 Å². The number of hydrogen-bond donors (Lipinski definition) is 2. The number of para-hydroxylation sites is 1. The van der Waals surface area contributed by atoms with E-state index >= 15 is 0 Å². The van der Waals surface area contributed by atoms with Crippen molar-refractivity contribution in [3.05, 3.63) is 29.6 Å². The van der Waals surface area contributed by atoms with Gasteiger partial charge in [-0.2, -0.15) is 0 Å². The van der Waals surface area contributed by atoms with Crippen LogP contribution in [-0.2, 0) is 17.9 Å². The molecule has 1 aromatic carbocycles. The van der Waals surface area contributed by atoms with Crippen molar-refractivity contribution in [2.45, 2.75) is 52.6 Å². The molecule has 184 valence electrons. The molecule has 2 aromatic rings. The molecule has 4 rings (SSSR count). The number of nitrogens with one attached hydrogen (secondary N) is 2. The summed E-state index contributed by atoms with van der Waals surface area (Å²) in [5, 5.41) is 5.40. The number of aromatic nitrogens is 2. The topological polar surface area (TPSA) is 97.7 Å². The molecule has 0 fully saturated rings. The smallest absolute Gasteiger partial charge is 0.395 e. The van der Waals surface area contributed by atoms with Crippen LogP contribution in [0, 0.1) is 5.41 Å². The molecule has 34 heavy (non-hydrogen) atoms. The Morgan fingerprint density at radius 3 is 2.62 bits per heavy atom. The Kier molecular flexibility index (Phi) is 6.01. The van der Waals surface area contributed by atoms with Crippen LogP contribution in [-0.4, -0.2) is 59.2 Å². The number of rotatable bonds is 4. The SMILES string of the molecule is CNC(=O)C(NC(=O)c1nc(-c2cccc3c2OC(F)(F)O3)n2c1CN(C)CCC2)C(C)(C)C. The number of alkyl halides is 2. The zero-order valence-corrected chi connectivity index (χ0v) is 19.9. The van der Waals surface area contributed by atoms with E-state index < -0.39 is 23.7 Å². The molecule has 0 spiro atoms. The van der Waals surface area contributed by atoms with Crippen molar-refractivity contribution in [1.82, 2.24) is 25.1 Å². The van der Waals surface area contributed by atoms with E-state index in [1.54, 1.807) is 12.1 Å². The average molecular weight is 478 g/mol. The highest BCUT2D eigenvalue weighted by molar-refractivity contribution is 5.98. The summed E-state index contributed by atoms with van der Waals surface area (Å²) in [7, 11) is 3.45. The number of hydrogen-bond acceptors (Lipinski definition) is 6. The van der Waals surface area contributed by atoms with Crippen LogP contribution in [0.2, 0.25) is 0 Å². The molecule has 1 aromatic heterocycles. The molecule has 2 aliphatic rings. The monoisotopic (exact) mass is 477 g/mol. The molecule has 0 saturated carbocycles. The third-order valence-electron chi connectivity index (χ3n) is 5.95. The lowest BCUT2D eigenvalue weighted by Crippen LogP contribution is -2.53. The fraction of sp³-hybridized carbons (Fsp3) is 0.522. The van der Waals surface area contributed by atoms with Crippen molar-refractivity contribution in [3.8, 4) is 22.9 Å². The van der Waals surface area contributed by atoms with E-state index in [0.29, 0.717) is 30.2 Å². The molecular formula is C23H29F2N5O4. The Morgan fingerprint density at radius 1 is 1.21 bits per heavy atom. The lowest BCUT2D eigenvalue weighted by Gasteiger charge is -2.29. The molecule has 0 saturated heterocycles. The van der Waals surface area contributed by atoms with Gasteiger partial charge in [-0.3, -0.25) is 9.59 Å². The van der Waals surface area contributed by atoms with E-state index in [9.17, 15) is 18.4 Å². The average Bonchev–Trinajstić information content (AvgIpc) is 3.18. The van der Waals surface area contributed by atoms with Gasteiger partial charge in [0.25, 0.3) is 5.91 Å². The highest BCUT2D eigenvalue weighted by atomic mass is 19.3. The molecule has 2 aliphatic heterocycles. The lowest BCUT2D eigenvalue weighted by molar-refractivity contribution is -0.286.